The molecule has 2 rings (SSSR count). The van der Waals surface area contributed by atoms with Crippen molar-refractivity contribution in [1.82, 2.24) is 10.6 Å². The summed E-state index contributed by atoms with van der Waals surface area (Å²) in [5.41, 5.74) is 5.38. The molecular formula is C16H29N3O2. The average Bonchev–Trinajstić information content (AvgIpc) is 2.48. The number of rotatable bonds is 5. The molecule has 5 nitrogen and oxygen atoms in total. The van der Waals surface area contributed by atoms with Crippen LogP contribution in [0.1, 0.15) is 51.9 Å². The lowest BCUT2D eigenvalue weighted by Crippen LogP contribution is -2.42. The van der Waals surface area contributed by atoms with Gasteiger partial charge in [-0.15, -0.1) is 0 Å². The summed E-state index contributed by atoms with van der Waals surface area (Å²) in [6, 6.07) is 0.129. The van der Waals surface area contributed by atoms with E-state index in [2.05, 4.69) is 17.6 Å². The van der Waals surface area contributed by atoms with Gasteiger partial charge >= 0.3 is 0 Å². The third kappa shape index (κ3) is 4.99. The Bertz CT molecular complexity index is 367. The van der Waals surface area contributed by atoms with Gasteiger partial charge in [-0.25, -0.2) is 0 Å². The Labute approximate surface area is 127 Å². The molecule has 3 atom stereocenters. The van der Waals surface area contributed by atoms with E-state index in [1.807, 2.05) is 0 Å². The topological polar surface area (TPSA) is 84.2 Å². The first-order valence-corrected chi connectivity index (χ1v) is 8.35. The zero-order chi connectivity index (χ0) is 15.2. The number of carbonyl (C=O) groups is 2. The van der Waals surface area contributed by atoms with Gasteiger partial charge in [-0.3, -0.25) is 9.59 Å². The number of nitrogens with two attached hydrogens (primary N) is 1. The van der Waals surface area contributed by atoms with Crippen molar-refractivity contribution in [3.05, 3.63) is 0 Å². The van der Waals surface area contributed by atoms with Crippen LogP contribution in [0, 0.1) is 17.8 Å². The Kier molecular flexibility index (Phi) is 6.03. The van der Waals surface area contributed by atoms with Crippen LogP contribution in [0.25, 0.3) is 0 Å². The second-order valence-electron chi connectivity index (χ2n) is 6.80. The van der Waals surface area contributed by atoms with Crippen LogP contribution in [0.2, 0.25) is 0 Å². The van der Waals surface area contributed by atoms with Gasteiger partial charge in [-0.05, 0) is 57.0 Å². The van der Waals surface area contributed by atoms with Crippen molar-refractivity contribution < 1.29 is 9.59 Å². The van der Waals surface area contributed by atoms with Gasteiger partial charge in [0.2, 0.25) is 11.8 Å². The molecule has 2 aliphatic rings. The quantitative estimate of drug-likeness (QED) is 0.712. The van der Waals surface area contributed by atoms with Gasteiger partial charge in [0.15, 0.2) is 0 Å². The molecule has 5 heteroatoms. The molecular weight excluding hydrogens is 266 g/mol. The molecule has 1 aliphatic heterocycles. The van der Waals surface area contributed by atoms with E-state index in [9.17, 15) is 9.59 Å². The maximum Gasteiger partial charge on any atom is 0.220 e. The molecule has 21 heavy (non-hydrogen) atoms. The van der Waals surface area contributed by atoms with Gasteiger partial charge in [0.1, 0.15) is 0 Å². The molecule has 2 amide bonds. The van der Waals surface area contributed by atoms with Gasteiger partial charge in [0.05, 0.1) is 0 Å². The zero-order valence-electron chi connectivity index (χ0n) is 13.1. The minimum Gasteiger partial charge on any atom is -0.369 e. The molecule has 1 heterocycles. The summed E-state index contributed by atoms with van der Waals surface area (Å²) >= 11 is 0. The maximum atomic E-state index is 12.2. The minimum absolute atomic E-state index is 0.0640. The smallest absolute Gasteiger partial charge is 0.220 e. The van der Waals surface area contributed by atoms with Crippen molar-refractivity contribution >= 4 is 11.8 Å². The van der Waals surface area contributed by atoms with E-state index in [1.165, 1.54) is 12.8 Å². The molecule has 0 spiro atoms. The largest absolute Gasteiger partial charge is 0.369 e. The first kappa shape index (κ1) is 16.3. The van der Waals surface area contributed by atoms with E-state index in [4.69, 9.17) is 5.73 Å². The number of hydrogen-bond acceptors (Lipinski definition) is 3. The van der Waals surface area contributed by atoms with E-state index >= 15 is 0 Å². The second-order valence-corrected chi connectivity index (χ2v) is 6.80. The SMILES string of the molecule is CC(CC(=O)NC1CCCC(C(N)=O)C1)C1CCNCC1. The summed E-state index contributed by atoms with van der Waals surface area (Å²) in [5, 5.41) is 6.47. The predicted octanol–water partition coefficient (Wildman–Crippen LogP) is 1.17. The molecule has 1 aliphatic carbocycles. The van der Waals surface area contributed by atoms with Crippen LogP contribution in [-0.4, -0.2) is 30.9 Å². The van der Waals surface area contributed by atoms with Gasteiger partial charge in [0.25, 0.3) is 0 Å². The average molecular weight is 295 g/mol. The van der Waals surface area contributed by atoms with E-state index in [0.29, 0.717) is 24.7 Å². The molecule has 0 radical (unpaired) electrons. The summed E-state index contributed by atoms with van der Waals surface area (Å²) in [6.45, 7) is 4.32. The highest BCUT2D eigenvalue weighted by Gasteiger charge is 2.28. The van der Waals surface area contributed by atoms with Crippen LogP contribution in [-0.2, 0) is 9.59 Å². The Morgan fingerprint density at radius 3 is 2.62 bits per heavy atom. The van der Waals surface area contributed by atoms with E-state index in [-0.39, 0.29) is 23.8 Å². The fourth-order valence-electron chi connectivity index (χ4n) is 3.74. The normalized spacial score (nSPS) is 28.8. The van der Waals surface area contributed by atoms with Crippen LogP contribution < -0.4 is 16.4 Å². The molecule has 1 saturated carbocycles. The number of piperidine rings is 1. The molecule has 3 unspecified atom stereocenters. The Balaban J connectivity index is 1.74. The van der Waals surface area contributed by atoms with Gasteiger partial charge in [-0.2, -0.15) is 0 Å². The highest BCUT2D eigenvalue weighted by Crippen LogP contribution is 2.26. The Morgan fingerprint density at radius 1 is 1.24 bits per heavy atom. The van der Waals surface area contributed by atoms with Crippen LogP contribution >= 0.6 is 0 Å². The van der Waals surface area contributed by atoms with Crippen molar-refractivity contribution in [2.45, 2.75) is 57.9 Å². The van der Waals surface area contributed by atoms with E-state index in [1.54, 1.807) is 0 Å². The Morgan fingerprint density at radius 2 is 1.95 bits per heavy atom. The van der Waals surface area contributed by atoms with Gasteiger partial charge in [-0.1, -0.05) is 13.3 Å². The molecule has 2 fully saturated rings. The molecule has 0 bridgehead atoms. The summed E-state index contributed by atoms with van der Waals surface area (Å²) < 4.78 is 0. The highest BCUT2D eigenvalue weighted by molar-refractivity contribution is 5.78. The minimum atomic E-state index is -0.225. The maximum absolute atomic E-state index is 12.2. The predicted molar refractivity (Wildman–Crippen MR) is 82.5 cm³/mol. The fourth-order valence-corrected chi connectivity index (χ4v) is 3.74. The first-order valence-electron chi connectivity index (χ1n) is 8.35. The fraction of sp³-hybridized carbons (Fsp3) is 0.875. The van der Waals surface area contributed by atoms with E-state index in [0.717, 1.165) is 32.4 Å². The van der Waals surface area contributed by atoms with Gasteiger partial charge < -0.3 is 16.4 Å². The van der Waals surface area contributed by atoms with E-state index < -0.39 is 0 Å². The lowest BCUT2D eigenvalue weighted by atomic mass is 9.83. The number of nitrogens with one attached hydrogen (secondary N) is 2. The van der Waals surface area contributed by atoms with Crippen molar-refractivity contribution in [2.24, 2.45) is 23.5 Å². The van der Waals surface area contributed by atoms with Crippen molar-refractivity contribution in [2.75, 3.05) is 13.1 Å². The molecule has 4 N–H and O–H groups in total. The second kappa shape index (κ2) is 7.78. The third-order valence-electron chi connectivity index (χ3n) is 5.14. The summed E-state index contributed by atoms with van der Waals surface area (Å²) in [5.74, 6) is 0.934. The lowest BCUT2D eigenvalue weighted by molar-refractivity contribution is -0.126. The van der Waals surface area contributed by atoms with Crippen molar-refractivity contribution in [1.29, 1.82) is 0 Å². The number of amides is 2. The lowest BCUT2D eigenvalue weighted by Gasteiger charge is -2.30. The summed E-state index contributed by atoms with van der Waals surface area (Å²) in [7, 11) is 0. The summed E-state index contributed by atoms with van der Waals surface area (Å²) in [4.78, 5) is 23.5. The first-order chi connectivity index (χ1) is 10.1. The standard InChI is InChI=1S/C16H29N3O2/c1-11(12-5-7-18-8-6-12)9-15(20)19-14-4-2-3-13(10-14)16(17)21/h11-14,18H,2-10H2,1H3,(H2,17,21)(H,19,20). The molecule has 1 saturated heterocycles. The van der Waals surface area contributed by atoms with Crippen LogP contribution in [0.15, 0.2) is 0 Å². The monoisotopic (exact) mass is 295 g/mol. The van der Waals surface area contributed by atoms with Crippen molar-refractivity contribution in [3.63, 3.8) is 0 Å². The third-order valence-corrected chi connectivity index (χ3v) is 5.14. The van der Waals surface area contributed by atoms with Crippen LogP contribution in [0.4, 0.5) is 0 Å². The zero-order valence-corrected chi connectivity index (χ0v) is 13.1. The number of carbonyl (C=O) groups excluding carboxylic acids is 2. The van der Waals surface area contributed by atoms with Gasteiger partial charge in [0, 0.05) is 18.4 Å². The molecule has 0 aromatic carbocycles. The Hall–Kier alpha value is -1.10. The van der Waals surface area contributed by atoms with Crippen LogP contribution in [0.3, 0.4) is 0 Å². The molecule has 120 valence electrons. The molecule has 0 aromatic rings. The van der Waals surface area contributed by atoms with Crippen LogP contribution in [0.5, 0.6) is 0 Å². The molecule has 0 aromatic heterocycles. The highest BCUT2D eigenvalue weighted by atomic mass is 16.2. The number of primary amides is 1. The number of hydrogen-bond donors (Lipinski definition) is 3. The van der Waals surface area contributed by atoms with Crippen molar-refractivity contribution in [3.8, 4) is 0 Å². The summed E-state index contributed by atoms with van der Waals surface area (Å²) in [6.07, 6.45) is 6.46.